The van der Waals surface area contributed by atoms with Gasteiger partial charge in [0.25, 0.3) is 0 Å². The van der Waals surface area contributed by atoms with Crippen LogP contribution < -0.4 is 0 Å². The largest absolute Gasteiger partial charge is 0.413 e. The summed E-state index contributed by atoms with van der Waals surface area (Å²) in [5.74, 6) is 3.81. The first-order valence-electron chi connectivity index (χ1n) is 15.7. The normalized spacial score (nSPS) is 31.3. The number of hydrogen-bond donors (Lipinski definition) is 0. The van der Waals surface area contributed by atoms with Gasteiger partial charge in [-0.1, -0.05) is 51.0 Å². The predicted octanol–water partition coefficient (Wildman–Crippen LogP) is 9.02. The summed E-state index contributed by atoms with van der Waals surface area (Å²) in [6.07, 6.45) is 14.9. The number of hydrogen-bond acceptors (Lipinski definition) is 6. The molecule has 0 spiro atoms. The van der Waals surface area contributed by atoms with Crippen LogP contribution in [0.4, 0.5) is 0 Å². The van der Waals surface area contributed by atoms with E-state index in [9.17, 15) is 4.79 Å². The number of ketones is 1. The van der Waals surface area contributed by atoms with Gasteiger partial charge < -0.3 is 13.9 Å². The zero-order chi connectivity index (χ0) is 29.2. The van der Waals surface area contributed by atoms with Gasteiger partial charge in [0.1, 0.15) is 12.6 Å². The highest BCUT2D eigenvalue weighted by Gasteiger charge is 2.68. The Labute approximate surface area is 254 Å². The van der Waals surface area contributed by atoms with Crippen molar-refractivity contribution in [1.29, 1.82) is 0 Å². The van der Waals surface area contributed by atoms with Crippen molar-refractivity contribution < 1.29 is 18.7 Å². The minimum absolute atomic E-state index is 0.0393. The molecule has 0 unspecified atom stereocenters. The van der Waals surface area contributed by atoms with E-state index in [1.165, 1.54) is 29.9 Å². The SMILES string of the molecule is COCOC/C(C)=C/CCC1(CC[C@H](O[Si](C)(C)C(C)(C)C)[C@H]2CCC3=CCC[C@]4(C)[C@H](C2=O)[C@H]34)SCCCS1. The van der Waals surface area contributed by atoms with Crippen molar-refractivity contribution >= 4 is 37.6 Å². The molecule has 7 heteroatoms. The summed E-state index contributed by atoms with van der Waals surface area (Å²) in [6.45, 7) is 17.3. The van der Waals surface area contributed by atoms with E-state index in [-0.39, 0.29) is 32.5 Å². The van der Waals surface area contributed by atoms with Gasteiger partial charge in [-0.05, 0) is 106 Å². The molecule has 0 radical (unpaired) electrons. The van der Waals surface area contributed by atoms with Crippen LogP contribution in [0.3, 0.4) is 0 Å². The van der Waals surface area contributed by atoms with Gasteiger partial charge in [-0.2, -0.15) is 0 Å². The van der Waals surface area contributed by atoms with E-state index in [1.54, 1.807) is 12.7 Å². The lowest BCUT2D eigenvalue weighted by atomic mass is 9.81. The summed E-state index contributed by atoms with van der Waals surface area (Å²) in [6, 6.07) is 0. The van der Waals surface area contributed by atoms with E-state index < -0.39 is 8.32 Å². The third kappa shape index (κ3) is 7.35. The van der Waals surface area contributed by atoms with Crippen LogP contribution in [-0.2, 0) is 18.7 Å². The quantitative estimate of drug-likeness (QED) is 0.0900. The molecule has 1 saturated heterocycles. The molecule has 1 heterocycles. The number of Topliss-reactive ketones (excluding diaryl/α,β-unsaturated/α-hetero) is 1. The molecule has 40 heavy (non-hydrogen) atoms. The second-order valence-electron chi connectivity index (χ2n) is 14.6. The first-order valence-corrected chi connectivity index (χ1v) is 20.6. The maximum absolute atomic E-state index is 14.3. The lowest BCUT2D eigenvalue weighted by Crippen LogP contribution is -2.47. The van der Waals surface area contributed by atoms with Gasteiger partial charge in [-0.25, -0.2) is 0 Å². The number of carbonyl (C=O) groups is 1. The van der Waals surface area contributed by atoms with Gasteiger partial charge in [-0.15, -0.1) is 23.5 Å². The van der Waals surface area contributed by atoms with E-state index in [2.05, 4.69) is 83.4 Å². The van der Waals surface area contributed by atoms with Crippen molar-refractivity contribution in [3.05, 3.63) is 23.3 Å². The average molecular weight is 609 g/mol. The van der Waals surface area contributed by atoms with Crippen LogP contribution in [0, 0.1) is 23.2 Å². The average Bonchev–Trinajstić information content (AvgIpc) is 3.56. The molecular formula is C33H56O4S2Si. The van der Waals surface area contributed by atoms with E-state index in [0.717, 1.165) is 44.9 Å². The molecule has 0 bridgehead atoms. The summed E-state index contributed by atoms with van der Waals surface area (Å²) in [7, 11) is -0.371. The van der Waals surface area contributed by atoms with Crippen molar-refractivity contribution in [3.63, 3.8) is 0 Å². The molecular weight excluding hydrogens is 553 g/mol. The van der Waals surface area contributed by atoms with Crippen LogP contribution in [0.5, 0.6) is 0 Å². The van der Waals surface area contributed by atoms with Crippen molar-refractivity contribution in [3.8, 4) is 0 Å². The van der Waals surface area contributed by atoms with Crippen molar-refractivity contribution in [1.82, 2.24) is 0 Å². The minimum Gasteiger partial charge on any atom is -0.413 e. The highest BCUT2D eigenvalue weighted by atomic mass is 32.2. The summed E-state index contributed by atoms with van der Waals surface area (Å²) >= 11 is 4.33. The lowest BCUT2D eigenvalue weighted by Gasteiger charge is -2.43. The number of fused-ring (bicyclic) bond motifs is 1. The third-order valence-electron chi connectivity index (χ3n) is 10.6. The molecule has 3 aliphatic carbocycles. The fourth-order valence-electron chi connectivity index (χ4n) is 7.19. The maximum atomic E-state index is 14.3. The molecule has 0 N–H and O–H groups in total. The highest BCUT2D eigenvalue weighted by Crippen LogP contribution is 2.69. The number of ether oxygens (including phenoxy) is 2. The predicted molar refractivity (Wildman–Crippen MR) is 175 cm³/mol. The van der Waals surface area contributed by atoms with Crippen LogP contribution in [0.2, 0.25) is 18.1 Å². The molecule has 2 saturated carbocycles. The fraction of sp³-hybridized carbons (Fsp3) is 0.848. The van der Waals surface area contributed by atoms with Crippen LogP contribution in [0.1, 0.15) is 92.4 Å². The summed E-state index contributed by atoms with van der Waals surface area (Å²) in [5.41, 5.74) is 3.08. The van der Waals surface area contributed by atoms with Crippen molar-refractivity contribution in [2.45, 2.75) is 121 Å². The van der Waals surface area contributed by atoms with Gasteiger partial charge in [-0.3, -0.25) is 4.79 Å². The Kier molecular flexibility index (Phi) is 10.9. The number of rotatable bonds is 13. The molecule has 0 amide bonds. The van der Waals surface area contributed by atoms with Crippen LogP contribution >= 0.6 is 23.5 Å². The Balaban J connectivity index is 1.51. The molecule has 228 valence electrons. The minimum atomic E-state index is -2.03. The van der Waals surface area contributed by atoms with Crippen molar-refractivity contribution in [2.75, 3.05) is 32.0 Å². The number of thioether (sulfide) groups is 2. The molecule has 4 rings (SSSR count). The second-order valence-corrected chi connectivity index (χ2v) is 22.6. The smallest absolute Gasteiger partial charge is 0.192 e. The Morgan fingerprint density at radius 2 is 1.93 bits per heavy atom. The van der Waals surface area contributed by atoms with E-state index >= 15 is 0 Å². The van der Waals surface area contributed by atoms with Crippen LogP contribution in [0.25, 0.3) is 0 Å². The standard InChI is InChI=1S/C33H56O4S2Si/c1-24(22-36-23-35-6)12-9-18-33(38-20-11-21-39-33)19-16-27(37-40(7,8)31(2,3)4)26-15-14-25-13-10-17-32(5)28(25)29(32)30(26)34/h12-13,26-29H,9-11,14-23H2,1-8H3/b24-12+/t26-,27+,28+,29+,32+/m1/s1. The Morgan fingerprint density at radius 1 is 1.20 bits per heavy atom. The Hall–Kier alpha value is -0.0531. The number of methoxy groups -OCH3 is 1. The zero-order valence-electron chi connectivity index (χ0n) is 26.6. The topological polar surface area (TPSA) is 44.8 Å². The summed E-state index contributed by atoms with van der Waals surface area (Å²) in [4.78, 5) is 14.3. The first-order chi connectivity index (χ1) is 18.8. The van der Waals surface area contributed by atoms with Gasteiger partial charge >= 0.3 is 0 Å². The van der Waals surface area contributed by atoms with E-state index in [4.69, 9.17) is 13.9 Å². The number of carbonyl (C=O) groups excluding carboxylic acids is 1. The van der Waals surface area contributed by atoms with Gasteiger partial charge in [0, 0.05) is 18.9 Å². The molecule has 0 aromatic rings. The molecule has 0 aromatic heterocycles. The summed E-state index contributed by atoms with van der Waals surface area (Å²) < 4.78 is 18.0. The Bertz CT molecular complexity index is 949. The molecule has 1 aliphatic heterocycles. The van der Waals surface area contributed by atoms with E-state index in [0.29, 0.717) is 25.1 Å². The number of allylic oxidation sites excluding steroid dienone is 3. The van der Waals surface area contributed by atoms with Crippen LogP contribution in [-0.4, -0.2) is 56.3 Å². The molecule has 4 aliphatic rings. The first kappa shape index (κ1) is 32.9. The Morgan fingerprint density at radius 3 is 2.60 bits per heavy atom. The monoisotopic (exact) mass is 608 g/mol. The van der Waals surface area contributed by atoms with E-state index in [1.807, 2.05) is 0 Å². The highest BCUT2D eigenvalue weighted by molar-refractivity contribution is 8.18. The van der Waals surface area contributed by atoms with Crippen LogP contribution in [0.15, 0.2) is 23.3 Å². The van der Waals surface area contributed by atoms with Gasteiger partial charge in [0.2, 0.25) is 0 Å². The van der Waals surface area contributed by atoms with Gasteiger partial charge in [0.15, 0.2) is 8.32 Å². The zero-order valence-corrected chi connectivity index (χ0v) is 29.2. The van der Waals surface area contributed by atoms with Gasteiger partial charge in [0.05, 0.1) is 16.8 Å². The second kappa shape index (κ2) is 13.3. The van der Waals surface area contributed by atoms with Crippen molar-refractivity contribution in [2.24, 2.45) is 23.2 Å². The molecule has 3 fully saturated rings. The lowest BCUT2D eigenvalue weighted by molar-refractivity contribution is -0.128. The molecule has 0 aromatic carbocycles. The molecule has 4 nitrogen and oxygen atoms in total. The fourth-order valence-corrected chi connectivity index (χ4v) is 12.0. The third-order valence-corrected chi connectivity index (χ3v) is 18.7. The maximum Gasteiger partial charge on any atom is 0.192 e. The summed E-state index contributed by atoms with van der Waals surface area (Å²) in [5, 5.41) is 0.130. The molecule has 5 atom stereocenters.